The number of hydrogen-bond donors (Lipinski definition) is 1. The zero-order valence-electron chi connectivity index (χ0n) is 19.4. The molecule has 0 bridgehead atoms. The van der Waals surface area contributed by atoms with Gasteiger partial charge in [-0.3, -0.25) is 4.79 Å². The van der Waals surface area contributed by atoms with Gasteiger partial charge in [0.1, 0.15) is 5.75 Å². The number of nitrogens with zero attached hydrogens (tertiary/aromatic N) is 1. The molecule has 2 N–H and O–H groups in total. The molecule has 176 valence electrons. The van der Waals surface area contributed by atoms with Gasteiger partial charge in [-0.1, -0.05) is 43.3 Å². The van der Waals surface area contributed by atoms with Crippen LogP contribution in [0.5, 0.6) is 5.75 Å². The SMILES string of the molecule is CCCOCc1cc(OCC(=O)OC)c2c3c(C(N)=O)cccc3n(Cc3ccccc3)c2c1. The molecule has 1 heterocycles. The first kappa shape index (κ1) is 23.3. The molecule has 1 aromatic heterocycles. The predicted octanol–water partition coefficient (Wildman–Crippen LogP) is 4.42. The van der Waals surface area contributed by atoms with E-state index in [-0.39, 0.29) is 6.61 Å². The van der Waals surface area contributed by atoms with Crippen molar-refractivity contribution in [3.05, 3.63) is 77.4 Å². The molecule has 4 rings (SSSR count). The molecule has 0 fully saturated rings. The Kier molecular flexibility index (Phi) is 7.13. The monoisotopic (exact) mass is 460 g/mol. The summed E-state index contributed by atoms with van der Waals surface area (Å²) in [5, 5.41) is 1.42. The quantitative estimate of drug-likeness (QED) is 0.279. The molecule has 0 aliphatic heterocycles. The van der Waals surface area contributed by atoms with E-state index in [1.165, 1.54) is 7.11 Å². The average molecular weight is 461 g/mol. The molecule has 0 saturated carbocycles. The van der Waals surface area contributed by atoms with Crippen LogP contribution < -0.4 is 10.5 Å². The second-order valence-corrected chi connectivity index (χ2v) is 8.04. The molecular weight excluding hydrogens is 432 g/mol. The van der Waals surface area contributed by atoms with Crippen LogP contribution in [0.4, 0.5) is 0 Å². The Hall–Kier alpha value is -3.84. The summed E-state index contributed by atoms with van der Waals surface area (Å²) in [4.78, 5) is 24.2. The number of carbonyl (C=O) groups excluding carboxylic acids is 2. The van der Waals surface area contributed by atoms with E-state index < -0.39 is 11.9 Å². The van der Waals surface area contributed by atoms with Crippen LogP contribution in [0, 0.1) is 0 Å². The molecule has 7 nitrogen and oxygen atoms in total. The predicted molar refractivity (Wildman–Crippen MR) is 131 cm³/mol. The summed E-state index contributed by atoms with van der Waals surface area (Å²) in [5.74, 6) is -0.550. The Balaban J connectivity index is 1.99. The number of aromatic nitrogens is 1. The van der Waals surface area contributed by atoms with E-state index in [1.807, 2.05) is 42.5 Å². The van der Waals surface area contributed by atoms with Gasteiger partial charge in [0.15, 0.2) is 6.61 Å². The van der Waals surface area contributed by atoms with Crippen LogP contribution in [-0.2, 0) is 27.4 Å². The normalized spacial score (nSPS) is 11.1. The number of hydrogen-bond acceptors (Lipinski definition) is 5. The third-order valence-electron chi connectivity index (χ3n) is 5.65. The van der Waals surface area contributed by atoms with Crippen molar-refractivity contribution in [1.82, 2.24) is 4.57 Å². The Morgan fingerprint density at radius 1 is 0.941 bits per heavy atom. The highest BCUT2D eigenvalue weighted by molar-refractivity contribution is 6.19. The Morgan fingerprint density at radius 3 is 2.44 bits per heavy atom. The Bertz CT molecular complexity index is 1330. The van der Waals surface area contributed by atoms with E-state index in [9.17, 15) is 9.59 Å². The molecule has 1 amide bonds. The van der Waals surface area contributed by atoms with Gasteiger partial charge in [-0.15, -0.1) is 0 Å². The summed E-state index contributed by atoms with van der Waals surface area (Å²) in [6.07, 6.45) is 0.907. The number of methoxy groups -OCH3 is 1. The van der Waals surface area contributed by atoms with E-state index in [0.717, 1.165) is 34.0 Å². The summed E-state index contributed by atoms with van der Waals surface area (Å²) >= 11 is 0. The molecule has 0 radical (unpaired) electrons. The van der Waals surface area contributed by atoms with Crippen LogP contribution in [0.3, 0.4) is 0 Å². The standard InChI is InChI=1S/C27H28N2O5/c1-3-12-33-16-19-13-22-26(23(14-19)34-17-24(30)32-2)25-20(27(28)31)10-7-11-21(25)29(22)15-18-8-5-4-6-9-18/h4-11,13-14H,3,12,15-17H2,1-2H3,(H2,28,31). The third-order valence-corrected chi connectivity index (χ3v) is 5.65. The Morgan fingerprint density at radius 2 is 1.74 bits per heavy atom. The van der Waals surface area contributed by atoms with Gasteiger partial charge in [-0.25, -0.2) is 4.79 Å². The molecule has 0 atom stereocenters. The van der Waals surface area contributed by atoms with Gasteiger partial charge in [0.25, 0.3) is 0 Å². The van der Waals surface area contributed by atoms with Crippen LogP contribution in [0.1, 0.15) is 34.8 Å². The van der Waals surface area contributed by atoms with Gasteiger partial charge >= 0.3 is 5.97 Å². The van der Waals surface area contributed by atoms with E-state index in [2.05, 4.69) is 23.6 Å². The lowest BCUT2D eigenvalue weighted by Crippen LogP contribution is -2.13. The summed E-state index contributed by atoms with van der Waals surface area (Å²) in [6.45, 7) is 3.41. The summed E-state index contributed by atoms with van der Waals surface area (Å²) in [6, 6.07) is 19.5. The van der Waals surface area contributed by atoms with Crippen LogP contribution >= 0.6 is 0 Å². The highest BCUT2D eigenvalue weighted by atomic mass is 16.6. The molecule has 7 heteroatoms. The Labute approximate surface area is 198 Å². The van der Waals surface area contributed by atoms with Gasteiger partial charge < -0.3 is 24.5 Å². The van der Waals surface area contributed by atoms with Gasteiger partial charge in [-0.05, 0) is 41.8 Å². The molecule has 34 heavy (non-hydrogen) atoms. The summed E-state index contributed by atoms with van der Waals surface area (Å²) in [7, 11) is 1.31. The maximum atomic E-state index is 12.4. The maximum absolute atomic E-state index is 12.4. The number of nitrogens with two attached hydrogens (primary N) is 1. The lowest BCUT2D eigenvalue weighted by atomic mass is 10.0. The van der Waals surface area contributed by atoms with Gasteiger partial charge in [0, 0.05) is 24.1 Å². The van der Waals surface area contributed by atoms with Crippen molar-refractivity contribution in [3.63, 3.8) is 0 Å². The van der Waals surface area contributed by atoms with Crippen LogP contribution in [0.25, 0.3) is 21.8 Å². The summed E-state index contributed by atoms with van der Waals surface area (Å²) < 4.78 is 18.6. The molecule has 0 aliphatic carbocycles. The number of benzene rings is 3. The summed E-state index contributed by atoms with van der Waals surface area (Å²) in [5.41, 5.74) is 9.88. The molecule has 0 aliphatic rings. The van der Waals surface area contributed by atoms with Crippen molar-refractivity contribution < 1.29 is 23.8 Å². The minimum absolute atomic E-state index is 0.255. The van der Waals surface area contributed by atoms with Crippen LogP contribution in [0.2, 0.25) is 0 Å². The fourth-order valence-electron chi connectivity index (χ4n) is 4.15. The topological polar surface area (TPSA) is 92.8 Å². The number of amides is 1. The van der Waals surface area contributed by atoms with Crippen molar-refractivity contribution in [3.8, 4) is 5.75 Å². The zero-order chi connectivity index (χ0) is 24.1. The number of carbonyl (C=O) groups is 2. The lowest BCUT2D eigenvalue weighted by molar-refractivity contribution is -0.142. The maximum Gasteiger partial charge on any atom is 0.343 e. The van der Waals surface area contributed by atoms with Gasteiger partial charge in [0.2, 0.25) is 5.91 Å². The number of primary amides is 1. The van der Waals surface area contributed by atoms with Crippen molar-refractivity contribution in [2.24, 2.45) is 5.73 Å². The minimum Gasteiger partial charge on any atom is -0.481 e. The smallest absolute Gasteiger partial charge is 0.343 e. The van der Waals surface area contributed by atoms with Gasteiger partial charge in [0.05, 0.1) is 30.1 Å². The molecule has 0 unspecified atom stereocenters. The number of fused-ring (bicyclic) bond motifs is 3. The molecular formula is C27H28N2O5. The van der Waals surface area contributed by atoms with Gasteiger partial charge in [-0.2, -0.15) is 0 Å². The van der Waals surface area contributed by atoms with Crippen LogP contribution in [-0.4, -0.2) is 36.8 Å². The van der Waals surface area contributed by atoms with Crippen molar-refractivity contribution in [2.75, 3.05) is 20.3 Å². The van der Waals surface area contributed by atoms with E-state index in [0.29, 0.717) is 36.5 Å². The zero-order valence-corrected chi connectivity index (χ0v) is 19.4. The second kappa shape index (κ2) is 10.4. The molecule has 0 saturated heterocycles. The number of esters is 1. The molecule has 3 aromatic carbocycles. The van der Waals surface area contributed by atoms with E-state index in [4.69, 9.17) is 19.9 Å². The first-order chi connectivity index (χ1) is 16.5. The van der Waals surface area contributed by atoms with E-state index >= 15 is 0 Å². The fraction of sp³-hybridized carbons (Fsp3) is 0.259. The average Bonchev–Trinajstić information content (AvgIpc) is 3.16. The number of rotatable bonds is 10. The lowest BCUT2D eigenvalue weighted by Gasteiger charge is -2.12. The molecule has 0 spiro atoms. The third kappa shape index (κ3) is 4.75. The number of ether oxygens (including phenoxy) is 3. The highest BCUT2D eigenvalue weighted by Gasteiger charge is 2.21. The first-order valence-corrected chi connectivity index (χ1v) is 11.2. The van der Waals surface area contributed by atoms with E-state index in [1.54, 1.807) is 6.07 Å². The highest BCUT2D eigenvalue weighted by Crippen LogP contribution is 2.39. The van der Waals surface area contributed by atoms with Crippen LogP contribution in [0.15, 0.2) is 60.7 Å². The minimum atomic E-state index is -0.529. The van der Waals surface area contributed by atoms with Crippen molar-refractivity contribution >= 4 is 33.7 Å². The first-order valence-electron chi connectivity index (χ1n) is 11.2. The molecule has 4 aromatic rings. The van der Waals surface area contributed by atoms with Crippen molar-refractivity contribution in [1.29, 1.82) is 0 Å². The largest absolute Gasteiger partial charge is 0.481 e. The second-order valence-electron chi connectivity index (χ2n) is 8.04. The van der Waals surface area contributed by atoms with Crippen molar-refractivity contribution in [2.45, 2.75) is 26.5 Å². The fourth-order valence-corrected chi connectivity index (χ4v) is 4.15.